The first kappa shape index (κ1) is 26.3. The zero-order valence-corrected chi connectivity index (χ0v) is 20.4. The molecule has 4 N–H and O–H groups in total. The Balaban J connectivity index is 1.43. The van der Waals surface area contributed by atoms with Crippen molar-refractivity contribution in [2.45, 2.75) is 32.6 Å². The number of carbonyl (C=O) groups is 2. The van der Waals surface area contributed by atoms with Gasteiger partial charge in [0.1, 0.15) is 11.5 Å². The molecule has 7 heteroatoms. The van der Waals surface area contributed by atoms with Crippen LogP contribution in [0.25, 0.3) is 6.08 Å². The average Bonchev–Trinajstić information content (AvgIpc) is 2.88. The van der Waals surface area contributed by atoms with Crippen molar-refractivity contribution >= 4 is 29.4 Å². The van der Waals surface area contributed by atoms with E-state index < -0.39 is 11.9 Å². The Labute approximate surface area is 211 Å². The predicted molar refractivity (Wildman–Crippen MR) is 142 cm³/mol. The largest absolute Gasteiger partial charge is 0.494 e. The first-order chi connectivity index (χ1) is 17.4. The van der Waals surface area contributed by atoms with E-state index in [9.17, 15) is 9.59 Å². The third-order valence-corrected chi connectivity index (χ3v) is 5.39. The monoisotopic (exact) mass is 488 g/mol. The van der Waals surface area contributed by atoms with Crippen molar-refractivity contribution in [1.82, 2.24) is 0 Å². The van der Waals surface area contributed by atoms with Crippen molar-refractivity contribution < 1.29 is 23.8 Å². The smallest absolute Gasteiger partial charge is 0.343 e. The molecule has 0 spiro atoms. The number of benzene rings is 3. The van der Waals surface area contributed by atoms with Gasteiger partial charge in [-0.15, -0.1) is 0 Å². The van der Waals surface area contributed by atoms with Crippen molar-refractivity contribution in [2.24, 2.45) is 0 Å². The lowest BCUT2D eigenvalue weighted by Gasteiger charge is -2.08. The Kier molecular flexibility index (Phi) is 9.94. The molecule has 0 unspecified atom stereocenters. The molecule has 36 heavy (non-hydrogen) atoms. The Hall–Kier alpha value is -4.26. The van der Waals surface area contributed by atoms with Crippen LogP contribution >= 0.6 is 0 Å². The molecule has 0 aliphatic heterocycles. The number of hydrogen-bond acceptors (Lipinski definition) is 7. The Morgan fingerprint density at radius 2 is 1.58 bits per heavy atom. The Morgan fingerprint density at radius 1 is 0.861 bits per heavy atom. The number of anilines is 2. The highest BCUT2D eigenvalue weighted by atomic mass is 16.5. The number of ether oxygens (including phenoxy) is 3. The molecule has 188 valence electrons. The molecule has 3 aromatic rings. The number of rotatable bonds is 12. The zero-order valence-electron chi connectivity index (χ0n) is 20.4. The van der Waals surface area contributed by atoms with Crippen molar-refractivity contribution in [3.8, 4) is 11.5 Å². The zero-order chi connectivity index (χ0) is 25.8. The minimum absolute atomic E-state index is 0.206. The van der Waals surface area contributed by atoms with E-state index in [1.807, 2.05) is 6.07 Å². The van der Waals surface area contributed by atoms with Gasteiger partial charge in [-0.1, -0.05) is 38.0 Å². The van der Waals surface area contributed by atoms with Crippen molar-refractivity contribution in [3.05, 3.63) is 89.5 Å². The van der Waals surface area contributed by atoms with Crippen LogP contribution in [0.5, 0.6) is 11.5 Å². The summed E-state index contributed by atoms with van der Waals surface area (Å²) in [7, 11) is 0. The molecule has 0 saturated heterocycles. The highest BCUT2D eigenvalue weighted by Crippen LogP contribution is 2.18. The van der Waals surface area contributed by atoms with Crippen LogP contribution in [0.1, 0.15) is 47.7 Å². The van der Waals surface area contributed by atoms with Gasteiger partial charge in [-0.2, -0.15) is 0 Å². The summed E-state index contributed by atoms with van der Waals surface area (Å²) < 4.78 is 16.3. The van der Waals surface area contributed by atoms with Gasteiger partial charge in [0, 0.05) is 23.9 Å². The minimum atomic E-state index is -0.461. The molecule has 0 amide bonds. The summed E-state index contributed by atoms with van der Waals surface area (Å²) in [6.45, 7) is 3.01. The summed E-state index contributed by atoms with van der Waals surface area (Å²) in [5.74, 6) is 0.214. The second-order valence-electron chi connectivity index (χ2n) is 8.25. The van der Waals surface area contributed by atoms with Gasteiger partial charge in [-0.25, -0.2) is 9.59 Å². The highest BCUT2D eigenvalue weighted by molar-refractivity contribution is 5.91. The normalized spacial score (nSPS) is 10.8. The highest BCUT2D eigenvalue weighted by Gasteiger charge is 2.09. The molecule has 7 nitrogen and oxygen atoms in total. The molecule has 0 aliphatic rings. The molecule has 3 rings (SSSR count). The molecule has 0 bridgehead atoms. The summed E-state index contributed by atoms with van der Waals surface area (Å²) >= 11 is 0. The first-order valence-corrected chi connectivity index (χ1v) is 12.0. The maximum Gasteiger partial charge on any atom is 0.343 e. The molecule has 0 saturated carbocycles. The van der Waals surface area contributed by atoms with E-state index in [2.05, 4.69) is 6.92 Å². The van der Waals surface area contributed by atoms with Crippen molar-refractivity contribution in [1.29, 1.82) is 0 Å². The summed E-state index contributed by atoms with van der Waals surface area (Å²) in [5.41, 5.74) is 14.8. The summed E-state index contributed by atoms with van der Waals surface area (Å²) in [5, 5.41) is 0. The molecular weight excluding hydrogens is 456 g/mol. The standard InChI is InChI=1S/C29H32N2O5/c1-2-3-4-18-34-25-14-9-23(10-15-25)29(33)36-26-12-5-21(6-13-26)7-16-28(32)35-19-17-22-8-11-24(30)20-27(22)31/h5-16,20H,2-4,17-19,30-31H2,1H3/b16-7+. The van der Waals surface area contributed by atoms with Gasteiger partial charge in [0.15, 0.2) is 0 Å². The minimum Gasteiger partial charge on any atom is -0.494 e. The van der Waals surface area contributed by atoms with E-state index in [-0.39, 0.29) is 6.61 Å². The molecule has 3 aromatic carbocycles. The van der Waals surface area contributed by atoms with Crippen molar-refractivity contribution in [2.75, 3.05) is 24.7 Å². The quantitative estimate of drug-likeness (QED) is 0.115. The van der Waals surface area contributed by atoms with Gasteiger partial charge in [0.25, 0.3) is 0 Å². The lowest BCUT2D eigenvalue weighted by Crippen LogP contribution is -2.08. The molecule has 0 fully saturated rings. The van der Waals surface area contributed by atoms with Crippen LogP contribution in [-0.4, -0.2) is 25.2 Å². The number of unbranched alkanes of at least 4 members (excludes halogenated alkanes) is 2. The summed E-state index contributed by atoms with van der Waals surface area (Å²) in [6.07, 6.45) is 6.75. The van der Waals surface area contributed by atoms with E-state index in [0.717, 1.165) is 36.1 Å². The topological polar surface area (TPSA) is 114 Å². The van der Waals surface area contributed by atoms with Gasteiger partial charge < -0.3 is 25.7 Å². The van der Waals surface area contributed by atoms with Gasteiger partial charge in [-0.05, 0) is 72.2 Å². The van der Waals surface area contributed by atoms with Crippen LogP contribution in [0.15, 0.2) is 72.8 Å². The van der Waals surface area contributed by atoms with Gasteiger partial charge >= 0.3 is 11.9 Å². The Morgan fingerprint density at radius 3 is 2.28 bits per heavy atom. The molecule has 0 aromatic heterocycles. The van der Waals surface area contributed by atoms with E-state index in [4.69, 9.17) is 25.7 Å². The predicted octanol–water partition coefficient (Wildman–Crippen LogP) is 5.44. The van der Waals surface area contributed by atoms with Crippen LogP contribution in [0.2, 0.25) is 0 Å². The molecule has 0 heterocycles. The number of hydrogen-bond donors (Lipinski definition) is 2. The summed E-state index contributed by atoms with van der Waals surface area (Å²) in [4.78, 5) is 24.4. The third kappa shape index (κ3) is 8.51. The number of esters is 2. The lowest BCUT2D eigenvalue weighted by molar-refractivity contribution is -0.137. The van der Waals surface area contributed by atoms with Gasteiger partial charge in [-0.3, -0.25) is 0 Å². The number of nitrogens with two attached hydrogens (primary N) is 2. The van der Waals surface area contributed by atoms with Crippen LogP contribution in [0, 0.1) is 0 Å². The van der Waals surface area contributed by atoms with Crippen LogP contribution in [0.4, 0.5) is 11.4 Å². The fourth-order valence-corrected chi connectivity index (χ4v) is 3.36. The molecule has 0 radical (unpaired) electrons. The summed E-state index contributed by atoms with van der Waals surface area (Å²) in [6, 6.07) is 19.0. The Bertz CT molecular complexity index is 1170. The fourth-order valence-electron chi connectivity index (χ4n) is 3.36. The van der Waals surface area contributed by atoms with Gasteiger partial charge in [0.05, 0.1) is 18.8 Å². The maximum atomic E-state index is 12.4. The molecular formula is C29H32N2O5. The van der Waals surface area contributed by atoms with E-state index in [0.29, 0.717) is 35.7 Å². The number of nitrogen functional groups attached to an aromatic ring is 2. The second-order valence-corrected chi connectivity index (χ2v) is 8.25. The molecule has 0 aliphatic carbocycles. The van der Waals surface area contributed by atoms with E-state index in [1.54, 1.807) is 66.7 Å². The maximum absolute atomic E-state index is 12.4. The first-order valence-electron chi connectivity index (χ1n) is 12.0. The second kappa shape index (κ2) is 13.6. The van der Waals surface area contributed by atoms with E-state index >= 15 is 0 Å². The van der Waals surface area contributed by atoms with Crippen molar-refractivity contribution in [3.63, 3.8) is 0 Å². The third-order valence-electron chi connectivity index (χ3n) is 5.39. The van der Waals surface area contributed by atoms with E-state index in [1.165, 1.54) is 6.08 Å². The van der Waals surface area contributed by atoms with Crippen LogP contribution in [-0.2, 0) is 16.0 Å². The average molecular weight is 489 g/mol. The number of carbonyl (C=O) groups excluding carboxylic acids is 2. The lowest BCUT2D eigenvalue weighted by atomic mass is 10.1. The molecule has 0 atom stereocenters. The fraction of sp³-hybridized carbons (Fsp3) is 0.241. The SMILES string of the molecule is CCCCCOc1ccc(C(=O)Oc2ccc(/C=C/C(=O)OCCc3ccc(N)cc3N)cc2)cc1. The van der Waals surface area contributed by atoms with Gasteiger partial charge in [0.2, 0.25) is 0 Å². The van der Waals surface area contributed by atoms with Crippen LogP contribution in [0.3, 0.4) is 0 Å². The van der Waals surface area contributed by atoms with Crippen LogP contribution < -0.4 is 20.9 Å².